The van der Waals surface area contributed by atoms with Crippen molar-refractivity contribution in [2.75, 3.05) is 24.6 Å². The van der Waals surface area contributed by atoms with Crippen LogP contribution in [0.25, 0.3) is 0 Å². The van der Waals surface area contributed by atoms with Crippen LogP contribution in [0.4, 0.5) is 9.59 Å². The minimum absolute atomic E-state index is 0.187. The maximum atomic E-state index is 11.3. The molecule has 8 heteroatoms. The van der Waals surface area contributed by atoms with Gasteiger partial charge in [0.05, 0.1) is 11.5 Å². The molecule has 2 aliphatic rings. The molecule has 2 saturated heterocycles. The van der Waals surface area contributed by atoms with Crippen molar-refractivity contribution in [3.63, 3.8) is 0 Å². The summed E-state index contributed by atoms with van der Waals surface area (Å²) in [5.74, 6) is -0.0456. The zero-order valence-electron chi connectivity index (χ0n) is 9.33. The predicted molar refractivity (Wildman–Crippen MR) is 68.3 cm³/mol. The molecule has 0 radical (unpaired) electrons. The normalized spacial score (nSPS) is 20.9. The Morgan fingerprint density at radius 1 is 0.833 bits per heavy atom. The number of amides is 4. The Morgan fingerprint density at radius 3 is 1.50 bits per heavy atom. The maximum absolute atomic E-state index is 11.3. The number of nitrogens with zero attached hydrogens (tertiary/aromatic N) is 2. The summed E-state index contributed by atoms with van der Waals surface area (Å²) in [6.45, 7) is 0.377. The Hall–Kier alpha value is -1.28. The second kappa shape index (κ2) is 5.57. The van der Waals surface area contributed by atoms with Crippen molar-refractivity contribution in [1.82, 2.24) is 9.80 Å². The molecule has 0 aliphatic carbocycles. The number of carbonyl (C=O) groups excluding carboxylic acids is 4. The van der Waals surface area contributed by atoms with E-state index in [2.05, 4.69) is 0 Å². The molecule has 96 valence electrons. The number of hydrogen-bond acceptors (Lipinski definition) is 6. The standard InChI is InChI=1S/C10H10N2O4S2/c13-7-5-17-9(15)11(7)3-1-2-4-12-8(14)6-18-10(12)16/h1-2H,3-6H2. The molecular weight excluding hydrogens is 276 g/mol. The SMILES string of the molecule is O=C1CSC(=O)N1CC=CCN1C(=O)CSC1=O. The summed E-state index contributed by atoms with van der Waals surface area (Å²) in [4.78, 5) is 47.3. The average Bonchev–Trinajstić information content (AvgIpc) is 2.82. The summed E-state index contributed by atoms with van der Waals surface area (Å²) in [5.41, 5.74) is 0. The van der Waals surface area contributed by atoms with E-state index in [9.17, 15) is 19.2 Å². The van der Waals surface area contributed by atoms with E-state index >= 15 is 0 Å². The van der Waals surface area contributed by atoms with Crippen molar-refractivity contribution in [1.29, 1.82) is 0 Å². The van der Waals surface area contributed by atoms with Crippen LogP contribution >= 0.6 is 23.5 Å². The first-order chi connectivity index (χ1) is 8.59. The fourth-order valence-electron chi connectivity index (χ4n) is 1.47. The monoisotopic (exact) mass is 286 g/mol. The molecule has 0 unspecified atom stereocenters. The second-order valence-electron chi connectivity index (χ2n) is 3.59. The first-order valence-corrected chi connectivity index (χ1v) is 7.16. The van der Waals surface area contributed by atoms with Crippen LogP contribution in [-0.4, -0.2) is 56.7 Å². The summed E-state index contributed by atoms with van der Waals surface area (Å²) in [7, 11) is 0. The van der Waals surface area contributed by atoms with E-state index in [4.69, 9.17) is 0 Å². The number of carbonyl (C=O) groups is 4. The van der Waals surface area contributed by atoms with Crippen LogP contribution in [0.1, 0.15) is 0 Å². The lowest BCUT2D eigenvalue weighted by Gasteiger charge is -2.11. The van der Waals surface area contributed by atoms with Gasteiger partial charge in [0.1, 0.15) is 0 Å². The summed E-state index contributed by atoms with van der Waals surface area (Å²) >= 11 is 1.96. The van der Waals surface area contributed by atoms with Gasteiger partial charge in [-0.25, -0.2) is 0 Å². The molecule has 0 bridgehead atoms. The molecule has 0 aromatic rings. The zero-order valence-corrected chi connectivity index (χ0v) is 11.0. The van der Waals surface area contributed by atoms with Crippen LogP contribution in [0.15, 0.2) is 12.2 Å². The molecule has 0 spiro atoms. The van der Waals surface area contributed by atoms with Crippen LogP contribution in [0.5, 0.6) is 0 Å². The number of hydrogen-bond donors (Lipinski definition) is 0. The molecule has 0 aromatic carbocycles. The first kappa shape index (κ1) is 13.2. The van der Waals surface area contributed by atoms with Crippen molar-refractivity contribution in [2.24, 2.45) is 0 Å². The third-order valence-corrected chi connectivity index (χ3v) is 4.14. The maximum Gasteiger partial charge on any atom is 0.289 e. The molecule has 0 saturated carbocycles. The van der Waals surface area contributed by atoms with Gasteiger partial charge in [0.2, 0.25) is 11.8 Å². The van der Waals surface area contributed by atoms with E-state index in [0.717, 1.165) is 33.3 Å². The van der Waals surface area contributed by atoms with Gasteiger partial charge in [0.15, 0.2) is 0 Å². The Labute approximate surface area is 112 Å². The molecule has 0 aromatic heterocycles. The zero-order chi connectivity index (χ0) is 13.1. The summed E-state index contributed by atoms with van der Waals surface area (Å²) in [6.07, 6.45) is 3.23. The van der Waals surface area contributed by atoms with Gasteiger partial charge in [-0.15, -0.1) is 0 Å². The van der Waals surface area contributed by atoms with Crippen LogP contribution < -0.4 is 0 Å². The van der Waals surface area contributed by atoms with Gasteiger partial charge in [-0.1, -0.05) is 35.7 Å². The minimum atomic E-state index is -0.256. The van der Waals surface area contributed by atoms with E-state index < -0.39 is 0 Å². The fourth-order valence-corrected chi connectivity index (χ4v) is 2.94. The summed E-state index contributed by atoms with van der Waals surface area (Å²) < 4.78 is 0. The summed E-state index contributed by atoms with van der Waals surface area (Å²) in [5, 5.41) is -0.512. The van der Waals surface area contributed by atoms with Gasteiger partial charge < -0.3 is 0 Å². The molecule has 6 nitrogen and oxygen atoms in total. The molecule has 2 heterocycles. The van der Waals surface area contributed by atoms with Crippen molar-refractivity contribution in [3.8, 4) is 0 Å². The highest BCUT2D eigenvalue weighted by molar-refractivity contribution is 8.15. The van der Waals surface area contributed by atoms with E-state index in [1.165, 1.54) is 0 Å². The smallest absolute Gasteiger partial charge is 0.273 e. The molecule has 0 atom stereocenters. The highest BCUT2D eigenvalue weighted by atomic mass is 32.2. The molecule has 4 amide bonds. The van der Waals surface area contributed by atoms with Gasteiger partial charge in [-0.2, -0.15) is 0 Å². The van der Waals surface area contributed by atoms with Crippen molar-refractivity contribution in [2.45, 2.75) is 0 Å². The van der Waals surface area contributed by atoms with Crippen molar-refractivity contribution >= 4 is 45.8 Å². The topological polar surface area (TPSA) is 74.8 Å². The van der Waals surface area contributed by atoms with Gasteiger partial charge in [-0.05, 0) is 0 Å². The van der Waals surface area contributed by atoms with E-state index in [-0.39, 0.29) is 46.9 Å². The van der Waals surface area contributed by atoms with Gasteiger partial charge in [0.25, 0.3) is 10.5 Å². The highest BCUT2D eigenvalue weighted by Crippen LogP contribution is 2.19. The first-order valence-electron chi connectivity index (χ1n) is 5.19. The quantitative estimate of drug-likeness (QED) is 0.716. The molecule has 0 N–H and O–H groups in total. The molecule has 2 rings (SSSR count). The number of rotatable bonds is 4. The van der Waals surface area contributed by atoms with E-state index in [0.29, 0.717) is 0 Å². The van der Waals surface area contributed by atoms with E-state index in [1.54, 1.807) is 12.2 Å². The van der Waals surface area contributed by atoms with Gasteiger partial charge >= 0.3 is 0 Å². The highest BCUT2D eigenvalue weighted by Gasteiger charge is 2.29. The third-order valence-electron chi connectivity index (χ3n) is 2.42. The van der Waals surface area contributed by atoms with Crippen LogP contribution in [0.3, 0.4) is 0 Å². The Morgan fingerprint density at radius 2 is 1.22 bits per heavy atom. The molecule has 18 heavy (non-hydrogen) atoms. The summed E-state index contributed by atoms with van der Waals surface area (Å²) in [6, 6.07) is 0. The van der Waals surface area contributed by atoms with Crippen molar-refractivity contribution < 1.29 is 19.2 Å². The van der Waals surface area contributed by atoms with Crippen molar-refractivity contribution in [3.05, 3.63) is 12.2 Å². The Balaban J connectivity index is 1.82. The lowest BCUT2D eigenvalue weighted by Crippen LogP contribution is -2.30. The molecule has 2 fully saturated rings. The predicted octanol–water partition coefficient (Wildman–Crippen LogP) is 0.933. The Bertz CT molecular complexity index is 377. The molecular formula is C10H10N2O4S2. The van der Waals surface area contributed by atoms with Crippen LogP contribution in [0, 0.1) is 0 Å². The lowest BCUT2D eigenvalue weighted by atomic mass is 10.4. The number of thioether (sulfide) groups is 2. The third kappa shape index (κ3) is 2.75. The largest absolute Gasteiger partial charge is 0.289 e. The van der Waals surface area contributed by atoms with Crippen LogP contribution in [-0.2, 0) is 9.59 Å². The van der Waals surface area contributed by atoms with Crippen LogP contribution in [0.2, 0.25) is 0 Å². The number of imide groups is 2. The van der Waals surface area contributed by atoms with Gasteiger partial charge in [0, 0.05) is 13.1 Å². The second-order valence-corrected chi connectivity index (χ2v) is 5.44. The van der Waals surface area contributed by atoms with Gasteiger partial charge in [-0.3, -0.25) is 29.0 Å². The minimum Gasteiger partial charge on any atom is -0.273 e. The fraction of sp³-hybridized carbons (Fsp3) is 0.400. The van der Waals surface area contributed by atoms with E-state index in [1.807, 2.05) is 0 Å². The lowest BCUT2D eigenvalue weighted by molar-refractivity contribution is -0.125. The average molecular weight is 286 g/mol. The molecule has 2 aliphatic heterocycles. The Kier molecular flexibility index (Phi) is 4.07.